The van der Waals surface area contributed by atoms with Crippen LogP contribution in [0.3, 0.4) is 0 Å². The van der Waals surface area contributed by atoms with Gasteiger partial charge in [-0.3, -0.25) is 71.9 Å². The van der Waals surface area contributed by atoms with Crippen LogP contribution in [0.5, 0.6) is 34.5 Å². The van der Waals surface area contributed by atoms with Crippen molar-refractivity contribution in [1.29, 1.82) is 5.26 Å². The standard InChI is InChI=1S/2C17H22BNO5.2C16H20BNO5.C16H18BNO4.C15H18BNO5/c1-11(20)15-6-4-5-12-9-13(18(23)24-17(12)15)10-14(21)7-8-16(22)19(2)3;1-11(19-23-3)7-8-15(21)10-14-9-13-5-4-6-16(12(2)20)17(13)24-18(14)22;1-10(19)14-5-3-4-11-8-12(17(22)23-16(11)14)9-13(20)6-7-15(21)18-2;1-10(18-22)6-7-14(20)9-13-8-12-4-3-5-15(11(2)19)16(12)23-17(13)21;1-11(19)15-7-4-5-12-9-13(17(21)22-16(12)15)10-14(20)6-2-3-8-18;1-9(18)13-4-2-3-10-7-11(16(21)22-15(10)13)8-12(19)5-6-14(17)20/h4-6,13,23H,7-10H2,1-3H3;4-6,14,22H,7-10H2,1-3H3;3-5,12,22H,6-9H2,1-2H3,(H,18,21);3-5,13,21-22H,6-9H2,1-2H3;4-5,7,13,21H,2-3,6,9-10H2,1H3;2-4,11,21H,5-8H2,1H3,(H2,17,20)/t13-;14-;12-;2*13-;11-/m111111/s1. The van der Waals surface area contributed by atoms with Crippen LogP contribution < -0.4 is 39.0 Å². The van der Waals surface area contributed by atoms with Crippen molar-refractivity contribution >= 4 is 141 Å². The van der Waals surface area contributed by atoms with Crippen LogP contribution in [0.25, 0.3) is 0 Å². The zero-order valence-electron chi connectivity index (χ0n) is 80.0. The third-order valence-electron chi connectivity index (χ3n) is 23.9. The number of Topliss-reactive ketones (excluding diaryl/α,β-unsaturated/α-hetero) is 12. The lowest BCUT2D eigenvalue weighted by Crippen LogP contribution is -2.35. The van der Waals surface area contributed by atoms with Gasteiger partial charge in [-0.05, 0) is 183 Å². The minimum absolute atomic E-state index is 0.00752. The number of ketones is 12. The lowest BCUT2D eigenvalue weighted by atomic mass is 9.64. The molecule has 0 saturated carbocycles. The van der Waals surface area contributed by atoms with E-state index >= 15 is 0 Å². The van der Waals surface area contributed by atoms with Gasteiger partial charge in [-0.2, -0.15) is 5.26 Å². The second-order valence-electron chi connectivity index (χ2n) is 35.2. The summed E-state index contributed by atoms with van der Waals surface area (Å²) >= 11 is 0. The van der Waals surface area contributed by atoms with Gasteiger partial charge < -0.3 is 84.1 Å². The Labute approximate surface area is 804 Å². The number of nitriles is 1. The highest BCUT2D eigenvalue weighted by molar-refractivity contribution is 6.49. The number of carbonyl (C=O) groups excluding carboxylic acids is 15. The van der Waals surface area contributed by atoms with Gasteiger partial charge >= 0.3 is 42.7 Å². The van der Waals surface area contributed by atoms with Crippen LogP contribution in [0.15, 0.2) is 120 Å². The molecular formula is C97H120B6N6O29. The molecule has 12 rings (SSSR count). The Hall–Kier alpha value is -12.9. The van der Waals surface area contributed by atoms with Gasteiger partial charge in [0.15, 0.2) is 34.7 Å². The third kappa shape index (κ3) is 34.1. The van der Waals surface area contributed by atoms with E-state index in [1.807, 2.05) is 42.5 Å². The smallest absolute Gasteiger partial charge is 0.526 e. The van der Waals surface area contributed by atoms with Crippen molar-refractivity contribution in [2.24, 2.45) is 16.0 Å². The Morgan fingerprint density at radius 2 is 0.609 bits per heavy atom. The first kappa shape index (κ1) is 112. The molecule has 0 unspecified atom stereocenters. The van der Waals surface area contributed by atoms with Gasteiger partial charge in [-0.25, -0.2) is 0 Å². The van der Waals surface area contributed by atoms with Gasteiger partial charge in [0.1, 0.15) is 76.3 Å². The Balaban J connectivity index is 0.000000225. The molecule has 6 aromatic carbocycles. The van der Waals surface area contributed by atoms with Gasteiger partial charge in [0, 0.05) is 159 Å². The summed E-state index contributed by atoms with van der Waals surface area (Å²) in [7, 11) is -0.417. The van der Waals surface area contributed by atoms with E-state index in [0.29, 0.717) is 151 Å². The number of hydrogen-bond donors (Lipinski definition) is 9. The molecule has 10 N–H and O–H groups in total. The molecule has 0 radical (unpaired) electrons. The first-order valence-electron chi connectivity index (χ1n) is 45.7. The lowest BCUT2D eigenvalue weighted by Gasteiger charge is -2.28. The monoisotopic (exact) mass is 1900 g/mol. The molecule has 0 aliphatic carbocycles. The summed E-state index contributed by atoms with van der Waals surface area (Å²) in [6, 6.07) is 33.6. The number of rotatable bonds is 37. The van der Waals surface area contributed by atoms with E-state index in [-0.39, 0.29) is 194 Å². The molecule has 0 spiro atoms. The summed E-state index contributed by atoms with van der Waals surface area (Å²) in [6.07, 6.45) is 7.35. The van der Waals surface area contributed by atoms with Crippen molar-refractivity contribution < 1.29 is 140 Å². The highest BCUT2D eigenvalue weighted by atomic mass is 16.6. The van der Waals surface area contributed by atoms with Crippen molar-refractivity contribution in [2.45, 2.75) is 251 Å². The summed E-state index contributed by atoms with van der Waals surface area (Å²) in [5.41, 5.74) is 13.9. The van der Waals surface area contributed by atoms with E-state index in [0.717, 1.165) is 39.1 Å². The number of nitrogens with one attached hydrogen (secondary N) is 1. The predicted octanol–water partition coefficient (Wildman–Crippen LogP) is 10.6. The molecular weight excluding hydrogens is 1780 g/mol. The third-order valence-corrected chi connectivity index (χ3v) is 23.9. The fourth-order valence-electron chi connectivity index (χ4n) is 16.3. The second-order valence-corrected chi connectivity index (χ2v) is 35.2. The molecule has 0 saturated heterocycles. The zero-order valence-corrected chi connectivity index (χ0v) is 80.0. The first-order chi connectivity index (χ1) is 65.4. The highest BCUT2D eigenvalue weighted by Gasteiger charge is 2.44. The van der Waals surface area contributed by atoms with Crippen LogP contribution in [0.4, 0.5) is 0 Å². The average Bonchev–Trinajstić information content (AvgIpc) is 0.820. The fraction of sp³-hybridized carbons (Fsp3) is 0.443. The maximum absolute atomic E-state index is 12.1. The number of carbonyl (C=O) groups is 15. The molecule has 138 heavy (non-hydrogen) atoms. The average molecular weight is 1900 g/mol. The van der Waals surface area contributed by atoms with Crippen LogP contribution in [0.2, 0.25) is 34.9 Å². The number of unbranched alkanes of at least 4 members (excludes halogenated alkanes) is 1. The molecule has 6 atom stereocenters. The summed E-state index contributed by atoms with van der Waals surface area (Å²) in [5.74, 6) is -1.45. The number of benzene rings is 6. The Morgan fingerprint density at radius 3 is 0.826 bits per heavy atom. The predicted molar refractivity (Wildman–Crippen MR) is 515 cm³/mol. The van der Waals surface area contributed by atoms with Gasteiger partial charge in [-0.15, -0.1) is 0 Å². The van der Waals surface area contributed by atoms with Crippen LogP contribution in [0, 0.1) is 11.3 Å². The maximum atomic E-state index is 12.1. The summed E-state index contributed by atoms with van der Waals surface area (Å²) in [6.45, 7) is 12.1. The van der Waals surface area contributed by atoms with E-state index in [9.17, 15) is 102 Å². The van der Waals surface area contributed by atoms with Gasteiger partial charge in [0.2, 0.25) is 17.7 Å². The number of primary amides is 1. The lowest BCUT2D eigenvalue weighted by molar-refractivity contribution is -0.131. The number of hydrogen-bond acceptors (Lipinski definition) is 32. The topological polar surface area (TPSA) is 552 Å². The molecule has 0 fully saturated rings. The molecule has 6 heterocycles. The number of oxime groups is 2. The van der Waals surface area contributed by atoms with E-state index in [2.05, 4.69) is 20.5 Å². The number of fused-ring (bicyclic) bond motifs is 6. The van der Waals surface area contributed by atoms with Crippen molar-refractivity contribution in [2.75, 3.05) is 28.3 Å². The van der Waals surface area contributed by atoms with Crippen LogP contribution >= 0.6 is 0 Å². The minimum atomic E-state index is -1.15. The molecule has 6 aliphatic heterocycles. The summed E-state index contributed by atoms with van der Waals surface area (Å²) in [4.78, 5) is 181. The molecule has 41 heteroatoms. The summed E-state index contributed by atoms with van der Waals surface area (Å²) < 4.78 is 33.0. The molecule has 3 amide bonds. The van der Waals surface area contributed by atoms with Crippen molar-refractivity contribution in [3.8, 4) is 40.6 Å². The van der Waals surface area contributed by atoms with E-state index in [1.54, 1.807) is 101 Å². The van der Waals surface area contributed by atoms with E-state index in [4.69, 9.17) is 44.1 Å². The van der Waals surface area contributed by atoms with Gasteiger partial charge in [-0.1, -0.05) is 83.1 Å². The summed E-state index contributed by atoms with van der Waals surface area (Å²) in [5, 5.41) is 87.2. The quantitative estimate of drug-likeness (QED) is 0.00437. The van der Waals surface area contributed by atoms with Crippen molar-refractivity contribution in [3.05, 3.63) is 176 Å². The van der Waals surface area contributed by atoms with Crippen LogP contribution in [-0.4, -0.2) is 210 Å². The Bertz CT molecular complexity index is 5550. The number of nitrogens with zero attached hydrogens (tertiary/aromatic N) is 4. The maximum Gasteiger partial charge on any atom is 0.526 e. The van der Waals surface area contributed by atoms with Gasteiger partial charge in [0.05, 0.1) is 50.9 Å². The molecule has 35 nitrogen and oxygen atoms in total. The van der Waals surface area contributed by atoms with Gasteiger partial charge in [0.25, 0.3) is 0 Å². The Morgan fingerprint density at radius 1 is 0.377 bits per heavy atom. The SMILES string of the molecule is CC(=O)c1cccc2c1OB(O)[C@@H](CC(=O)CCC(=O)N(C)C)C2.CC(=O)c1cccc2c1OB(O)[C@@H](CC(=O)CCC(C)=NO)C2.CC(=O)c1cccc2c1OB(O)[C@@H](CC(=O)CCC(N)=O)C2.CC(=O)c1cccc2c1OB(O)[C@@H](CC(=O)CCCC#N)C2.CNC(=O)CCC(=O)C[C@H]1Cc2cccc(C(C)=O)c2OB1O.CON=C(C)CCC(=O)C[C@H]1Cc2cccc(C(C)=O)c2OB1O. The first-order valence-corrected chi connectivity index (χ1v) is 45.7. The molecule has 730 valence electrons. The number of para-hydroxylation sites is 6. The van der Waals surface area contributed by atoms with Crippen molar-refractivity contribution in [3.63, 3.8) is 0 Å². The fourth-order valence-corrected chi connectivity index (χ4v) is 16.3. The molecule has 6 aliphatic rings. The Kier molecular flexibility index (Phi) is 44.6. The van der Waals surface area contributed by atoms with E-state index < -0.39 is 54.4 Å². The molecule has 6 aromatic rings. The normalized spacial score (nSPS) is 16.7. The minimum Gasteiger partial charge on any atom is -0.535 e. The van der Waals surface area contributed by atoms with E-state index in [1.165, 1.54) is 60.6 Å². The van der Waals surface area contributed by atoms with Crippen molar-refractivity contribution in [1.82, 2.24) is 10.2 Å². The van der Waals surface area contributed by atoms with Crippen LogP contribution in [-0.2, 0) is 86.5 Å². The number of amides is 3. The largest absolute Gasteiger partial charge is 0.535 e. The molecule has 0 aromatic heterocycles. The van der Waals surface area contributed by atoms with Crippen LogP contribution in [0.1, 0.15) is 273 Å². The zero-order chi connectivity index (χ0) is 102. The number of nitrogens with two attached hydrogens (primary N) is 1. The second kappa shape index (κ2) is 54.9. The molecule has 0 bridgehead atoms. The highest BCUT2D eigenvalue weighted by Crippen LogP contribution is 2.44.